The van der Waals surface area contributed by atoms with Crippen LogP contribution in [0.3, 0.4) is 0 Å². The Morgan fingerprint density at radius 1 is 1.05 bits per heavy atom. The first-order valence-electron chi connectivity index (χ1n) is 5.87. The first-order valence-corrected chi connectivity index (χ1v) is 8.10. The third-order valence-corrected chi connectivity index (χ3v) is 5.40. The molecule has 0 radical (unpaired) electrons. The van der Waals surface area contributed by atoms with Gasteiger partial charge in [0.1, 0.15) is 0 Å². The summed E-state index contributed by atoms with van der Waals surface area (Å²) in [7, 11) is -3.62. The second kappa shape index (κ2) is 4.64. The van der Waals surface area contributed by atoms with Crippen LogP contribution in [0.4, 0.5) is 5.69 Å². The third kappa shape index (κ3) is 2.01. The smallest absolute Gasteiger partial charge is 0.268 e. The lowest BCUT2D eigenvalue weighted by molar-refractivity contribution is 0.589. The maximum Gasteiger partial charge on any atom is 0.268 e. The fourth-order valence-corrected chi connectivity index (χ4v) is 4.07. The van der Waals surface area contributed by atoms with Crippen molar-refractivity contribution in [3.63, 3.8) is 0 Å². The van der Waals surface area contributed by atoms with Gasteiger partial charge in [-0.2, -0.15) is 0 Å². The van der Waals surface area contributed by atoms with Gasteiger partial charge in [0.15, 0.2) is 0 Å². The van der Waals surface area contributed by atoms with E-state index in [-0.39, 0.29) is 4.90 Å². The lowest BCUT2D eigenvalue weighted by Gasteiger charge is -2.08. The van der Waals surface area contributed by atoms with Crippen molar-refractivity contribution in [1.82, 2.24) is 3.97 Å². The van der Waals surface area contributed by atoms with E-state index in [0.717, 1.165) is 9.86 Å². The number of hydrogen-bond donors (Lipinski definition) is 1. The number of anilines is 1. The van der Waals surface area contributed by atoms with E-state index in [2.05, 4.69) is 15.9 Å². The molecule has 20 heavy (non-hydrogen) atoms. The van der Waals surface area contributed by atoms with Crippen LogP contribution >= 0.6 is 15.9 Å². The Labute approximate surface area is 125 Å². The van der Waals surface area contributed by atoms with Crippen molar-refractivity contribution < 1.29 is 8.42 Å². The molecule has 3 rings (SSSR count). The van der Waals surface area contributed by atoms with Gasteiger partial charge in [-0.05, 0) is 30.3 Å². The van der Waals surface area contributed by atoms with E-state index in [9.17, 15) is 8.42 Å². The van der Waals surface area contributed by atoms with Gasteiger partial charge in [-0.1, -0.05) is 34.1 Å². The molecule has 0 atom stereocenters. The molecule has 0 fully saturated rings. The van der Waals surface area contributed by atoms with E-state index in [4.69, 9.17) is 5.73 Å². The lowest BCUT2D eigenvalue weighted by Crippen LogP contribution is -2.11. The summed E-state index contributed by atoms with van der Waals surface area (Å²) in [5, 5.41) is 0.804. The summed E-state index contributed by atoms with van der Waals surface area (Å²) in [6.45, 7) is 0. The van der Waals surface area contributed by atoms with Crippen LogP contribution in [-0.4, -0.2) is 12.4 Å². The predicted molar refractivity (Wildman–Crippen MR) is 83.1 cm³/mol. The summed E-state index contributed by atoms with van der Waals surface area (Å²) in [5.41, 5.74) is 6.86. The van der Waals surface area contributed by atoms with E-state index in [1.807, 2.05) is 0 Å². The summed E-state index contributed by atoms with van der Waals surface area (Å²) < 4.78 is 27.3. The van der Waals surface area contributed by atoms with Gasteiger partial charge in [-0.25, -0.2) is 12.4 Å². The van der Waals surface area contributed by atoms with Crippen LogP contribution in [0.1, 0.15) is 0 Å². The number of aromatic nitrogens is 1. The second-order valence-corrected chi connectivity index (χ2v) is 7.03. The van der Waals surface area contributed by atoms with Gasteiger partial charge in [-0.3, -0.25) is 0 Å². The molecular weight excluding hydrogens is 340 g/mol. The number of nitrogen functional groups attached to an aromatic ring is 1. The standard InChI is InChI=1S/C14H11BrN2O2S/c15-13-8-10(16)9-14-12(13)6-7-17(14)20(18,19)11-4-2-1-3-5-11/h1-9H,16H2. The highest BCUT2D eigenvalue weighted by Gasteiger charge is 2.19. The highest BCUT2D eigenvalue weighted by atomic mass is 79.9. The van der Waals surface area contributed by atoms with E-state index in [1.54, 1.807) is 48.5 Å². The maximum absolute atomic E-state index is 12.6. The van der Waals surface area contributed by atoms with Gasteiger partial charge in [0.05, 0.1) is 10.4 Å². The summed E-state index contributed by atoms with van der Waals surface area (Å²) >= 11 is 3.40. The Morgan fingerprint density at radius 3 is 2.45 bits per heavy atom. The molecule has 0 amide bonds. The molecule has 1 aromatic heterocycles. The van der Waals surface area contributed by atoms with Gasteiger partial charge < -0.3 is 5.73 Å². The van der Waals surface area contributed by atoms with Crippen molar-refractivity contribution in [2.24, 2.45) is 0 Å². The van der Waals surface area contributed by atoms with Crippen molar-refractivity contribution >= 4 is 42.5 Å². The zero-order valence-corrected chi connectivity index (χ0v) is 12.7. The van der Waals surface area contributed by atoms with Crippen molar-refractivity contribution in [3.05, 3.63) is 59.2 Å². The number of benzene rings is 2. The number of fused-ring (bicyclic) bond motifs is 1. The maximum atomic E-state index is 12.6. The van der Waals surface area contributed by atoms with Crippen LogP contribution in [0.5, 0.6) is 0 Å². The Bertz CT molecular complexity index is 886. The molecule has 4 nitrogen and oxygen atoms in total. The van der Waals surface area contributed by atoms with Gasteiger partial charge in [0.25, 0.3) is 10.0 Å². The third-order valence-electron chi connectivity index (χ3n) is 3.04. The number of rotatable bonds is 2. The average molecular weight is 351 g/mol. The Kier molecular flexibility index (Phi) is 3.07. The number of halogens is 1. The molecule has 3 aromatic rings. The molecule has 2 aromatic carbocycles. The zero-order chi connectivity index (χ0) is 14.3. The zero-order valence-electron chi connectivity index (χ0n) is 10.3. The molecular formula is C14H11BrN2O2S. The van der Waals surface area contributed by atoms with Gasteiger partial charge in [-0.15, -0.1) is 0 Å². The second-order valence-electron chi connectivity index (χ2n) is 4.37. The van der Waals surface area contributed by atoms with Gasteiger partial charge >= 0.3 is 0 Å². The van der Waals surface area contributed by atoms with Gasteiger partial charge in [0, 0.05) is 21.7 Å². The molecule has 0 aliphatic heterocycles. The molecule has 0 saturated carbocycles. The first kappa shape index (κ1) is 13.2. The molecule has 0 aliphatic rings. The van der Waals surface area contributed by atoms with Crippen LogP contribution in [-0.2, 0) is 10.0 Å². The summed E-state index contributed by atoms with van der Waals surface area (Å²) in [6, 6.07) is 13.5. The van der Waals surface area contributed by atoms with E-state index in [1.165, 1.54) is 10.2 Å². The minimum atomic E-state index is -3.62. The van der Waals surface area contributed by atoms with Crippen molar-refractivity contribution in [1.29, 1.82) is 0 Å². The summed E-state index contributed by atoms with van der Waals surface area (Å²) in [5.74, 6) is 0. The SMILES string of the molecule is Nc1cc(Br)c2ccn(S(=O)(=O)c3ccccc3)c2c1. The van der Waals surface area contributed by atoms with Crippen LogP contribution in [0.25, 0.3) is 10.9 Å². The van der Waals surface area contributed by atoms with E-state index < -0.39 is 10.0 Å². The molecule has 0 saturated heterocycles. The molecule has 102 valence electrons. The van der Waals surface area contributed by atoms with E-state index >= 15 is 0 Å². The van der Waals surface area contributed by atoms with Crippen LogP contribution in [0, 0.1) is 0 Å². The monoisotopic (exact) mass is 350 g/mol. The number of hydrogen-bond acceptors (Lipinski definition) is 3. The Hall–Kier alpha value is -1.79. The van der Waals surface area contributed by atoms with Gasteiger partial charge in [0.2, 0.25) is 0 Å². The first-order chi connectivity index (χ1) is 9.50. The van der Waals surface area contributed by atoms with Crippen LogP contribution in [0.2, 0.25) is 0 Å². The highest BCUT2D eigenvalue weighted by molar-refractivity contribution is 9.10. The fourth-order valence-electron chi connectivity index (χ4n) is 2.11. The molecule has 6 heteroatoms. The minimum Gasteiger partial charge on any atom is -0.399 e. The molecule has 0 aliphatic carbocycles. The highest BCUT2D eigenvalue weighted by Crippen LogP contribution is 2.30. The molecule has 2 N–H and O–H groups in total. The van der Waals surface area contributed by atoms with Crippen LogP contribution < -0.4 is 5.73 Å². The summed E-state index contributed by atoms with van der Waals surface area (Å²) in [4.78, 5) is 0.246. The number of nitrogens with zero attached hydrogens (tertiary/aromatic N) is 1. The predicted octanol–water partition coefficient (Wildman–Crippen LogP) is 3.22. The van der Waals surface area contributed by atoms with E-state index in [0.29, 0.717) is 11.2 Å². The molecule has 0 bridgehead atoms. The quantitative estimate of drug-likeness (QED) is 0.721. The normalized spacial score (nSPS) is 11.8. The Morgan fingerprint density at radius 2 is 1.75 bits per heavy atom. The minimum absolute atomic E-state index is 0.246. The van der Waals surface area contributed by atoms with Crippen molar-refractivity contribution in [2.45, 2.75) is 4.90 Å². The topological polar surface area (TPSA) is 65.1 Å². The molecule has 0 spiro atoms. The number of nitrogens with two attached hydrogens (primary N) is 1. The average Bonchev–Trinajstić information content (AvgIpc) is 2.84. The van der Waals surface area contributed by atoms with Crippen molar-refractivity contribution in [3.8, 4) is 0 Å². The Balaban J connectivity index is 2.31. The largest absolute Gasteiger partial charge is 0.399 e. The summed E-state index contributed by atoms with van der Waals surface area (Å²) in [6.07, 6.45) is 1.54. The molecule has 0 unspecified atom stereocenters. The fraction of sp³-hybridized carbons (Fsp3) is 0. The van der Waals surface area contributed by atoms with Crippen LogP contribution in [0.15, 0.2) is 64.1 Å². The molecule has 1 heterocycles. The lowest BCUT2D eigenvalue weighted by atomic mass is 10.2. The van der Waals surface area contributed by atoms with Crippen molar-refractivity contribution in [2.75, 3.05) is 5.73 Å².